The van der Waals surface area contributed by atoms with Crippen LogP contribution in [0.3, 0.4) is 0 Å². The summed E-state index contributed by atoms with van der Waals surface area (Å²) in [6.45, 7) is 2.07. The molecule has 1 saturated carbocycles. The minimum absolute atomic E-state index is 0.0927. The van der Waals surface area contributed by atoms with Gasteiger partial charge in [-0.1, -0.05) is 19.8 Å². The highest BCUT2D eigenvalue weighted by Crippen LogP contribution is 2.35. The second kappa shape index (κ2) is 6.11. The van der Waals surface area contributed by atoms with Gasteiger partial charge in [-0.25, -0.2) is 9.18 Å². The molecule has 0 bridgehead atoms. The largest absolute Gasteiger partial charge is 0.465 e. The number of hydrogen-bond donors (Lipinski definition) is 2. The number of nitrogens with two attached hydrogens (primary N) is 1. The topological polar surface area (TPSA) is 64.3 Å². The fourth-order valence-electron chi connectivity index (χ4n) is 2.29. The van der Waals surface area contributed by atoms with Crippen LogP contribution in [-0.2, 0) is 4.74 Å². The summed E-state index contributed by atoms with van der Waals surface area (Å²) < 4.78 is 18.6. The lowest BCUT2D eigenvalue weighted by atomic mass is 10.1. The van der Waals surface area contributed by atoms with Crippen LogP contribution < -0.4 is 11.1 Å². The average molecular weight is 280 g/mol. The molecule has 0 aliphatic heterocycles. The van der Waals surface area contributed by atoms with Crippen molar-refractivity contribution in [2.24, 2.45) is 5.92 Å². The van der Waals surface area contributed by atoms with Gasteiger partial charge in [-0.05, 0) is 30.9 Å². The van der Waals surface area contributed by atoms with E-state index in [-0.39, 0.29) is 17.3 Å². The maximum Gasteiger partial charge on any atom is 0.340 e. The molecule has 1 aliphatic rings. The zero-order chi connectivity index (χ0) is 14.7. The van der Waals surface area contributed by atoms with Crippen LogP contribution in [0.25, 0.3) is 0 Å². The Morgan fingerprint density at radius 2 is 2.25 bits per heavy atom. The van der Waals surface area contributed by atoms with E-state index in [4.69, 9.17) is 5.73 Å². The van der Waals surface area contributed by atoms with Crippen molar-refractivity contribution in [1.82, 2.24) is 0 Å². The van der Waals surface area contributed by atoms with Gasteiger partial charge in [0.2, 0.25) is 0 Å². The summed E-state index contributed by atoms with van der Waals surface area (Å²) >= 11 is 0. The van der Waals surface area contributed by atoms with Crippen molar-refractivity contribution < 1.29 is 13.9 Å². The van der Waals surface area contributed by atoms with Crippen LogP contribution in [0.1, 0.15) is 43.0 Å². The molecule has 5 heteroatoms. The highest BCUT2D eigenvalue weighted by atomic mass is 19.1. The molecule has 0 saturated heterocycles. The molecular weight excluding hydrogens is 259 g/mol. The van der Waals surface area contributed by atoms with Crippen LogP contribution in [0, 0.1) is 11.7 Å². The van der Waals surface area contributed by atoms with Crippen LogP contribution in [0.15, 0.2) is 12.1 Å². The monoisotopic (exact) mass is 280 g/mol. The Labute approximate surface area is 118 Å². The van der Waals surface area contributed by atoms with E-state index >= 15 is 0 Å². The van der Waals surface area contributed by atoms with E-state index in [9.17, 15) is 9.18 Å². The Kier molecular flexibility index (Phi) is 4.47. The maximum atomic E-state index is 14.0. The molecule has 110 valence electrons. The Morgan fingerprint density at radius 1 is 1.55 bits per heavy atom. The summed E-state index contributed by atoms with van der Waals surface area (Å²) in [5.74, 6) is -0.241. The lowest BCUT2D eigenvalue weighted by Crippen LogP contribution is -2.20. The molecule has 0 spiro atoms. The highest BCUT2D eigenvalue weighted by molar-refractivity contribution is 5.96. The number of carbonyl (C=O) groups excluding carboxylic acids is 1. The zero-order valence-electron chi connectivity index (χ0n) is 11.9. The molecule has 2 rings (SSSR count). The predicted octanol–water partition coefficient (Wildman–Crippen LogP) is 3.19. The summed E-state index contributed by atoms with van der Waals surface area (Å²) in [5, 5.41) is 3.18. The van der Waals surface area contributed by atoms with Crippen molar-refractivity contribution in [2.75, 3.05) is 18.2 Å². The second-order valence-corrected chi connectivity index (χ2v) is 5.34. The van der Waals surface area contributed by atoms with Gasteiger partial charge in [0.05, 0.1) is 18.4 Å². The van der Waals surface area contributed by atoms with Crippen molar-refractivity contribution in [3.8, 4) is 0 Å². The Hall–Kier alpha value is -1.78. The van der Waals surface area contributed by atoms with Gasteiger partial charge in [-0.2, -0.15) is 0 Å². The molecular formula is C15H21FN2O2. The summed E-state index contributed by atoms with van der Waals surface area (Å²) in [6.07, 6.45) is 4.47. The Bertz CT molecular complexity index is 501. The molecule has 0 heterocycles. The fourth-order valence-corrected chi connectivity index (χ4v) is 2.29. The van der Waals surface area contributed by atoms with Crippen molar-refractivity contribution in [2.45, 2.75) is 38.6 Å². The number of rotatable bonds is 6. The van der Waals surface area contributed by atoms with Gasteiger partial charge in [-0.15, -0.1) is 0 Å². The molecule has 0 amide bonds. The van der Waals surface area contributed by atoms with E-state index in [0.717, 1.165) is 18.8 Å². The number of hydrogen-bond acceptors (Lipinski definition) is 4. The number of halogens is 1. The third kappa shape index (κ3) is 3.40. The number of methoxy groups -OCH3 is 1. The molecule has 1 aromatic carbocycles. The zero-order valence-corrected chi connectivity index (χ0v) is 11.9. The summed E-state index contributed by atoms with van der Waals surface area (Å²) in [6, 6.07) is 2.82. The number of benzene rings is 1. The van der Waals surface area contributed by atoms with Gasteiger partial charge >= 0.3 is 5.97 Å². The van der Waals surface area contributed by atoms with E-state index in [1.807, 2.05) is 0 Å². The van der Waals surface area contributed by atoms with Crippen LogP contribution in [0.2, 0.25) is 0 Å². The molecule has 20 heavy (non-hydrogen) atoms. The summed E-state index contributed by atoms with van der Waals surface area (Å²) in [4.78, 5) is 11.6. The number of nitrogen functional groups attached to an aromatic ring is 1. The van der Waals surface area contributed by atoms with Crippen molar-refractivity contribution in [3.05, 3.63) is 23.5 Å². The first-order valence-corrected chi connectivity index (χ1v) is 6.99. The lowest BCUT2D eigenvalue weighted by molar-refractivity contribution is 0.0602. The molecule has 4 nitrogen and oxygen atoms in total. The minimum Gasteiger partial charge on any atom is -0.465 e. The van der Waals surface area contributed by atoms with Gasteiger partial charge in [0, 0.05) is 11.7 Å². The number of nitrogens with one attached hydrogen (secondary N) is 1. The van der Waals surface area contributed by atoms with Crippen LogP contribution in [0.5, 0.6) is 0 Å². The molecule has 0 aromatic heterocycles. The van der Waals surface area contributed by atoms with Crippen LogP contribution >= 0.6 is 0 Å². The van der Waals surface area contributed by atoms with Gasteiger partial charge in [0.25, 0.3) is 0 Å². The molecule has 1 unspecified atom stereocenters. The molecule has 1 fully saturated rings. The number of ether oxygens (including phenoxy) is 1. The Morgan fingerprint density at radius 3 is 2.80 bits per heavy atom. The van der Waals surface area contributed by atoms with E-state index in [0.29, 0.717) is 5.69 Å². The first-order chi connectivity index (χ1) is 9.55. The van der Waals surface area contributed by atoms with Crippen LogP contribution in [-0.4, -0.2) is 19.1 Å². The first-order valence-electron chi connectivity index (χ1n) is 6.99. The third-order valence-electron chi connectivity index (χ3n) is 3.71. The molecule has 1 atom stereocenters. The van der Waals surface area contributed by atoms with Crippen LogP contribution in [0.4, 0.5) is 15.8 Å². The standard InChI is InChI=1S/C15H21FN2O2/c1-3-10(6-9-4-5-9)18-14-7-11(15(19)20-2)13(17)8-12(14)16/h7-10,18H,3-6,17H2,1-2H3. The number of carbonyl (C=O) groups is 1. The van der Waals surface area contributed by atoms with Gasteiger partial charge in [-0.3, -0.25) is 0 Å². The number of esters is 1. The molecule has 3 N–H and O–H groups in total. The van der Waals surface area contributed by atoms with E-state index in [2.05, 4.69) is 17.0 Å². The van der Waals surface area contributed by atoms with Crippen molar-refractivity contribution in [1.29, 1.82) is 0 Å². The Balaban J connectivity index is 2.18. The SMILES string of the molecule is CCC(CC1CC1)Nc1cc(C(=O)OC)c(N)cc1F. The normalized spacial score (nSPS) is 15.8. The smallest absolute Gasteiger partial charge is 0.340 e. The summed E-state index contributed by atoms with van der Waals surface area (Å²) in [7, 11) is 1.28. The van der Waals surface area contributed by atoms with Gasteiger partial charge in [0.1, 0.15) is 5.82 Å². The fraction of sp³-hybridized carbons (Fsp3) is 0.533. The highest BCUT2D eigenvalue weighted by Gasteiger charge is 2.25. The molecule has 1 aromatic rings. The average Bonchev–Trinajstić information content (AvgIpc) is 3.23. The van der Waals surface area contributed by atoms with Crippen molar-refractivity contribution in [3.63, 3.8) is 0 Å². The molecule has 0 radical (unpaired) electrons. The van der Waals surface area contributed by atoms with E-state index < -0.39 is 11.8 Å². The first kappa shape index (κ1) is 14.6. The third-order valence-corrected chi connectivity index (χ3v) is 3.71. The van der Waals surface area contributed by atoms with Crippen molar-refractivity contribution >= 4 is 17.3 Å². The van der Waals surface area contributed by atoms with E-state index in [1.165, 1.54) is 32.1 Å². The minimum atomic E-state index is -0.555. The lowest BCUT2D eigenvalue weighted by Gasteiger charge is -2.19. The predicted molar refractivity (Wildman–Crippen MR) is 77.2 cm³/mol. The molecule has 1 aliphatic carbocycles. The quantitative estimate of drug-likeness (QED) is 0.620. The van der Waals surface area contributed by atoms with Gasteiger partial charge in [0.15, 0.2) is 0 Å². The van der Waals surface area contributed by atoms with E-state index in [1.54, 1.807) is 0 Å². The maximum absolute atomic E-state index is 14.0. The van der Waals surface area contributed by atoms with Gasteiger partial charge < -0.3 is 15.8 Å². The second-order valence-electron chi connectivity index (χ2n) is 5.34. The summed E-state index contributed by atoms with van der Waals surface area (Å²) in [5.41, 5.74) is 6.25. The number of anilines is 2.